The van der Waals surface area contributed by atoms with Gasteiger partial charge in [0.1, 0.15) is 0 Å². The van der Waals surface area contributed by atoms with Gasteiger partial charge in [0.05, 0.1) is 6.42 Å². The maximum absolute atomic E-state index is 11.4. The highest BCUT2D eigenvalue weighted by molar-refractivity contribution is 5.93. The summed E-state index contributed by atoms with van der Waals surface area (Å²) >= 11 is 0. The zero-order chi connectivity index (χ0) is 18.1. The summed E-state index contributed by atoms with van der Waals surface area (Å²) in [5.74, 6) is -0.343. The first-order chi connectivity index (χ1) is 12.7. The van der Waals surface area contributed by atoms with Crippen molar-refractivity contribution in [1.82, 2.24) is 4.98 Å². The maximum atomic E-state index is 11.4. The fraction of sp³-hybridized carbons (Fsp3) is 0.136. The van der Waals surface area contributed by atoms with Crippen LogP contribution >= 0.6 is 0 Å². The van der Waals surface area contributed by atoms with Crippen molar-refractivity contribution >= 4 is 27.6 Å². The highest BCUT2D eigenvalue weighted by atomic mass is 16.1. The first kappa shape index (κ1) is 16.4. The Morgan fingerprint density at radius 2 is 1.65 bits per heavy atom. The minimum atomic E-state index is -0.343. The lowest BCUT2D eigenvalue weighted by Crippen LogP contribution is -2.15. The van der Waals surface area contributed by atoms with Crippen LogP contribution in [0.25, 0.3) is 32.8 Å². The van der Waals surface area contributed by atoms with Crippen molar-refractivity contribution in [2.45, 2.75) is 12.8 Å². The molecule has 0 spiro atoms. The van der Waals surface area contributed by atoms with Crippen LogP contribution in [0.15, 0.2) is 60.7 Å². The van der Waals surface area contributed by atoms with Gasteiger partial charge in [-0.15, -0.1) is 0 Å². The fourth-order valence-corrected chi connectivity index (χ4v) is 3.61. The van der Waals surface area contributed by atoms with Crippen LogP contribution in [-0.2, 0) is 17.6 Å². The maximum Gasteiger partial charge on any atom is 0.223 e. The third-order valence-electron chi connectivity index (χ3n) is 4.82. The van der Waals surface area contributed by atoms with Crippen LogP contribution in [0.1, 0.15) is 11.3 Å². The average molecular weight is 343 g/mol. The molecule has 4 nitrogen and oxygen atoms in total. The molecule has 3 aromatic carbocycles. The molecule has 0 aliphatic heterocycles. The minimum Gasteiger partial charge on any atom is -0.369 e. The Labute approximate surface area is 151 Å². The molecule has 26 heavy (non-hydrogen) atoms. The summed E-state index contributed by atoms with van der Waals surface area (Å²) in [5.41, 5.74) is 16.5. The first-order valence-corrected chi connectivity index (χ1v) is 8.77. The number of nitrogens with one attached hydrogen (secondary N) is 1. The van der Waals surface area contributed by atoms with Crippen molar-refractivity contribution in [2.24, 2.45) is 11.5 Å². The molecule has 0 saturated heterocycles. The largest absolute Gasteiger partial charge is 0.369 e. The Hall–Kier alpha value is -3.11. The van der Waals surface area contributed by atoms with Gasteiger partial charge in [0.2, 0.25) is 5.91 Å². The second-order valence-corrected chi connectivity index (χ2v) is 6.59. The molecule has 0 aliphatic carbocycles. The number of aromatic nitrogens is 1. The van der Waals surface area contributed by atoms with Crippen molar-refractivity contribution in [3.8, 4) is 11.1 Å². The van der Waals surface area contributed by atoms with E-state index in [0.717, 1.165) is 27.7 Å². The van der Waals surface area contributed by atoms with Crippen LogP contribution in [0.5, 0.6) is 0 Å². The van der Waals surface area contributed by atoms with Crippen LogP contribution in [0.3, 0.4) is 0 Å². The zero-order valence-corrected chi connectivity index (χ0v) is 14.5. The van der Waals surface area contributed by atoms with Gasteiger partial charge >= 0.3 is 0 Å². The van der Waals surface area contributed by atoms with Crippen molar-refractivity contribution in [3.05, 3.63) is 71.9 Å². The van der Waals surface area contributed by atoms with Crippen molar-refractivity contribution in [1.29, 1.82) is 0 Å². The number of carbonyl (C=O) groups is 1. The molecule has 4 rings (SSSR count). The molecule has 1 heterocycles. The summed E-state index contributed by atoms with van der Waals surface area (Å²) in [6, 6.07) is 21.2. The first-order valence-electron chi connectivity index (χ1n) is 8.77. The number of H-pyrrole nitrogens is 1. The van der Waals surface area contributed by atoms with Crippen LogP contribution in [0.2, 0.25) is 0 Å². The summed E-state index contributed by atoms with van der Waals surface area (Å²) in [6.45, 7) is 0.527. The van der Waals surface area contributed by atoms with Gasteiger partial charge in [0, 0.05) is 16.6 Å². The van der Waals surface area contributed by atoms with Crippen molar-refractivity contribution < 1.29 is 4.79 Å². The predicted octanol–water partition coefficient (Wildman–Crippen LogP) is 3.52. The second-order valence-electron chi connectivity index (χ2n) is 6.59. The Morgan fingerprint density at radius 3 is 2.42 bits per heavy atom. The van der Waals surface area contributed by atoms with Gasteiger partial charge in [-0.1, -0.05) is 42.5 Å². The van der Waals surface area contributed by atoms with E-state index in [1.165, 1.54) is 16.3 Å². The second kappa shape index (κ2) is 6.65. The molecule has 0 bridgehead atoms. The fourth-order valence-electron chi connectivity index (χ4n) is 3.61. The lowest BCUT2D eigenvalue weighted by Gasteiger charge is -2.06. The topological polar surface area (TPSA) is 84.9 Å². The molecule has 0 saturated carbocycles. The summed E-state index contributed by atoms with van der Waals surface area (Å²) in [5, 5.41) is 3.56. The third kappa shape index (κ3) is 2.95. The predicted molar refractivity (Wildman–Crippen MR) is 107 cm³/mol. The van der Waals surface area contributed by atoms with E-state index in [4.69, 9.17) is 11.5 Å². The molecule has 1 aromatic heterocycles. The quantitative estimate of drug-likeness (QED) is 0.518. The average Bonchev–Trinajstić information content (AvgIpc) is 2.97. The van der Waals surface area contributed by atoms with Crippen LogP contribution in [0.4, 0.5) is 0 Å². The number of aromatic amines is 1. The minimum absolute atomic E-state index is 0.204. The van der Waals surface area contributed by atoms with Gasteiger partial charge in [-0.05, 0) is 58.6 Å². The van der Waals surface area contributed by atoms with E-state index in [1.54, 1.807) is 0 Å². The number of amides is 1. The molecular formula is C22H21N3O. The van der Waals surface area contributed by atoms with E-state index in [9.17, 15) is 4.79 Å². The molecule has 4 aromatic rings. The standard InChI is InChI=1S/C22H21N3O/c23-10-9-18-19-12-17(7-8-20(19)25-21(18)13-22(24)26)16-6-5-14-3-1-2-4-15(14)11-16/h1-8,11-12,25H,9-10,13,23H2,(H2,24,26). The molecule has 4 heteroatoms. The molecule has 0 radical (unpaired) electrons. The number of primary amides is 1. The third-order valence-corrected chi connectivity index (χ3v) is 4.82. The number of hydrogen-bond donors (Lipinski definition) is 3. The Bertz CT molecular complexity index is 1110. The van der Waals surface area contributed by atoms with E-state index in [-0.39, 0.29) is 12.3 Å². The Kier molecular flexibility index (Phi) is 4.19. The van der Waals surface area contributed by atoms with Gasteiger partial charge in [-0.2, -0.15) is 0 Å². The molecule has 5 N–H and O–H groups in total. The summed E-state index contributed by atoms with van der Waals surface area (Å²) in [4.78, 5) is 14.7. The SMILES string of the molecule is NCCc1c(CC(N)=O)[nH]c2ccc(-c3ccc4ccccc4c3)cc12. The molecule has 0 fully saturated rings. The lowest BCUT2D eigenvalue weighted by molar-refractivity contribution is -0.117. The molecule has 0 atom stereocenters. The number of hydrogen-bond acceptors (Lipinski definition) is 2. The van der Waals surface area contributed by atoms with Gasteiger partial charge < -0.3 is 16.5 Å². The number of fused-ring (bicyclic) bond motifs is 2. The number of carbonyl (C=O) groups excluding carboxylic acids is 1. The van der Waals surface area contributed by atoms with Gasteiger partial charge in [0.25, 0.3) is 0 Å². The summed E-state index contributed by atoms with van der Waals surface area (Å²) in [6.07, 6.45) is 0.916. The van der Waals surface area contributed by atoms with Gasteiger partial charge in [-0.3, -0.25) is 4.79 Å². The number of benzene rings is 3. The van der Waals surface area contributed by atoms with Crippen LogP contribution in [0, 0.1) is 0 Å². The Morgan fingerprint density at radius 1 is 0.923 bits per heavy atom. The number of nitrogens with two attached hydrogens (primary N) is 2. The number of rotatable bonds is 5. The zero-order valence-electron chi connectivity index (χ0n) is 14.5. The van der Waals surface area contributed by atoms with Gasteiger partial charge in [-0.25, -0.2) is 0 Å². The summed E-state index contributed by atoms with van der Waals surface area (Å²) < 4.78 is 0. The molecular weight excluding hydrogens is 322 g/mol. The lowest BCUT2D eigenvalue weighted by atomic mass is 9.98. The molecule has 1 amide bonds. The van der Waals surface area contributed by atoms with Crippen LogP contribution < -0.4 is 11.5 Å². The van der Waals surface area contributed by atoms with Crippen molar-refractivity contribution in [3.63, 3.8) is 0 Å². The normalized spacial score (nSPS) is 11.3. The highest BCUT2D eigenvalue weighted by Gasteiger charge is 2.13. The van der Waals surface area contributed by atoms with Crippen molar-refractivity contribution in [2.75, 3.05) is 6.54 Å². The Balaban J connectivity index is 1.85. The summed E-state index contributed by atoms with van der Waals surface area (Å²) in [7, 11) is 0. The van der Waals surface area contributed by atoms with E-state index < -0.39 is 0 Å². The molecule has 130 valence electrons. The van der Waals surface area contributed by atoms with E-state index >= 15 is 0 Å². The van der Waals surface area contributed by atoms with Gasteiger partial charge in [0.15, 0.2) is 0 Å². The smallest absolute Gasteiger partial charge is 0.223 e. The molecule has 0 aliphatic rings. The van der Waals surface area contributed by atoms with E-state index in [1.807, 2.05) is 6.07 Å². The highest BCUT2D eigenvalue weighted by Crippen LogP contribution is 2.30. The monoisotopic (exact) mass is 343 g/mol. The van der Waals surface area contributed by atoms with E-state index in [0.29, 0.717) is 13.0 Å². The van der Waals surface area contributed by atoms with E-state index in [2.05, 4.69) is 59.6 Å². The molecule has 0 unspecified atom stereocenters. The van der Waals surface area contributed by atoms with Crippen LogP contribution in [-0.4, -0.2) is 17.4 Å².